The van der Waals surface area contributed by atoms with E-state index in [4.69, 9.17) is 12.2 Å². The van der Waals surface area contributed by atoms with Gasteiger partial charge in [-0.1, -0.05) is 18.2 Å². The zero-order valence-electron chi connectivity index (χ0n) is 11.7. The second-order valence-corrected chi connectivity index (χ2v) is 5.19. The molecule has 1 amide bonds. The molecule has 1 aliphatic rings. The normalized spacial score (nSPS) is 16.7. The van der Waals surface area contributed by atoms with E-state index in [-0.39, 0.29) is 5.91 Å². The molecule has 0 aliphatic carbocycles. The van der Waals surface area contributed by atoms with Gasteiger partial charge in [0.2, 0.25) is 0 Å². The SMILES string of the molecule is Cc1cc(/C=C2/NC(=S)N(c3ccccc3)C2=O)nn1C. The van der Waals surface area contributed by atoms with E-state index in [0.717, 1.165) is 17.1 Å². The van der Waals surface area contributed by atoms with Crippen LogP contribution >= 0.6 is 12.2 Å². The molecule has 1 aromatic heterocycles. The van der Waals surface area contributed by atoms with E-state index in [1.165, 1.54) is 4.90 Å². The van der Waals surface area contributed by atoms with Gasteiger partial charge in [0.25, 0.3) is 5.91 Å². The number of aromatic nitrogens is 2. The van der Waals surface area contributed by atoms with Gasteiger partial charge in [-0.3, -0.25) is 14.4 Å². The van der Waals surface area contributed by atoms with Crippen LogP contribution in [0.3, 0.4) is 0 Å². The monoisotopic (exact) mass is 298 g/mol. The minimum Gasteiger partial charge on any atom is -0.327 e. The second kappa shape index (κ2) is 5.14. The number of carbonyl (C=O) groups excluding carboxylic acids is 1. The van der Waals surface area contributed by atoms with Gasteiger partial charge in [-0.05, 0) is 43.4 Å². The van der Waals surface area contributed by atoms with Crippen molar-refractivity contribution < 1.29 is 4.79 Å². The maximum Gasteiger partial charge on any atom is 0.281 e. The Morgan fingerprint density at radius 2 is 2.00 bits per heavy atom. The molecule has 0 spiro atoms. The number of thiocarbonyl (C=S) groups is 1. The number of para-hydroxylation sites is 1. The predicted octanol–water partition coefficient (Wildman–Crippen LogP) is 1.99. The van der Waals surface area contributed by atoms with Crippen LogP contribution in [0.2, 0.25) is 0 Å². The summed E-state index contributed by atoms with van der Waals surface area (Å²) in [7, 11) is 1.86. The second-order valence-electron chi connectivity index (χ2n) is 4.80. The molecular formula is C15H14N4OS. The van der Waals surface area contributed by atoms with Crippen molar-refractivity contribution >= 4 is 35.0 Å². The summed E-state index contributed by atoms with van der Waals surface area (Å²) >= 11 is 5.25. The molecule has 2 heterocycles. The van der Waals surface area contributed by atoms with Gasteiger partial charge in [0, 0.05) is 12.7 Å². The third-order valence-electron chi connectivity index (χ3n) is 3.32. The summed E-state index contributed by atoms with van der Waals surface area (Å²) in [6.07, 6.45) is 1.71. The Kier molecular flexibility index (Phi) is 3.31. The van der Waals surface area contributed by atoms with E-state index in [1.807, 2.05) is 50.4 Å². The van der Waals surface area contributed by atoms with Crippen LogP contribution in [0, 0.1) is 6.92 Å². The van der Waals surface area contributed by atoms with Crippen LogP contribution in [0.5, 0.6) is 0 Å². The maximum atomic E-state index is 12.5. The number of nitrogens with one attached hydrogen (secondary N) is 1. The predicted molar refractivity (Wildman–Crippen MR) is 85.6 cm³/mol. The van der Waals surface area contributed by atoms with E-state index >= 15 is 0 Å². The fraction of sp³-hybridized carbons (Fsp3) is 0.133. The van der Waals surface area contributed by atoms with Crippen LogP contribution in [0.25, 0.3) is 6.08 Å². The number of amides is 1. The Balaban J connectivity index is 1.93. The fourth-order valence-corrected chi connectivity index (χ4v) is 2.45. The third-order valence-corrected chi connectivity index (χ3v) is 3.60. The number of nitrogens with zero attached hydrogens (tertiary/aromatic N) is 3. The van der Waals surface area contributed by atoms with Crippen molar-refractivity contribution in [1.82, 2.24) is 15.1 Å². The summed E-state index contributed by atoms with van der Waals surface area (Å²) < 4.78 is 1.76. The largest absolute Gasteiger partial charge is 0.327 e. The molecule has 6 heteroatoms. The van der Waals surface area contributed by atoms with E-state index in [1.54, 1.807) is 10.8 Å². The van der Waals surface area contributed by atoms with Crippen molar-refractivity contribution in [2.75, 3.05) is 4.90 Å². The molecule has 2 aromatic rings. The topological polar surface area (TPSA) is 50.2 Å². The lowest BCUT2D eigenvalue weighted by Gasteiger charge is -2.13. The first kappa shape index (κ1) is 13.5. The minimum absolute atomic E-state index is 0.172. The van der Waals surface area contributed by atoms with Gasteiger partial charge in [0.05, 0.1) is 11.4 Å². The molecule has 106 valence electrons. The molecule has 1 aliphatic heterocycles. The zero-order valence-corrected chi connectivity index (χ0v) is 12.5. The minimum atomic E-state index is -0.172. The maximum absolute atomic E-state index is 12.5. The quantitative estimate of drug-likeness (QED) is 0.680. The Labute approximate surface area is 127 Å². The lowest BCUT2D eigenvalue weighted by atomic mass is 10.2. The standard InChI is InChI=1S/C15H14N4OS/c1-10-8-11(17-18(10)2)9-13-14(20)19(15(21)16-13)12-6-4-3-5-7-12/h3-9H,1-2H3,(H,16,21)/b13-9+. The summed E-state index contributed by atoms with van der Waals surface area (Å²) in [6, 6.07) is 11.2. The molecule has 1 N–H and O–H groups in total. The smallest absolute Gasteiger partial charge is 0.281 e. The number of anilines is 1. The van der Waals surface area contributed by atoms with Gasteiger partial charge in [-0.15, -0.1) is 0 Å². The summed E-state index contributed by atoms with van der Waals surface area (Å²) in [5.74, 6) is -0.172. The van der Waals surface area contributed by atoms with Gasteiger partial charge in [0.1, 0.15) is 5.70 Å². The van der Waals surface area contributed by atoms with Crippen molar-refractivity contribution in [2.45, 2.75) is 6.92 Å². The number of hydrogen-bond acceptors (Lipinski definition) is 3. The van der Waals surface area contributed by atoms with Gasteiger partial charge < -0.3 is 5.32 Å². The Hall–Kier alpha value is -2.47. The molecule has 0 saturated carbocycles. The lowest BCUT2D eigenvalue weighted by molar-refractivity contribution is -0.113. The number of hydrogen-bond donors (Lipinski definition) is 1. The Morgan fingerprint density at radius 3 is 2.62 bits per heavy atom. The Bertz CT molecular complexity index is 729. The van der Waals surface area contributed by atoms with Gasteiger partial charge in [-0.25, -0.2) is 0 Å². The van der Waals surface area contributed by atoms with E-state index in [0.29, 0.717) is 10.8 Å². The Morgan fingerprint density at radius 1 is 1.29 bits per heavy atom. The highest BCUT2D eigenvalue weighted by molar-refractivity contribution is 7.80. The number of rotatable bonds is 2. The van der Waals surface area contributed by atoms with Crippen LogP contribution < -0.4 is 10.2 Å². The molecule has 0 atom stereocenters. The number of benzene rings is 1. The third kappa shape index (κ3) is 2.45. The zero-order chi connectivity index (χ0) is 15.0. The van der Waals surface area contributed by atoms with Gasteiger partial charge in [0.15, 0.2) is 5.11 Å². The van der Waals surface area contributed by atoms with Crippen LogP contribution in [0.4, 0.5) is 5.69 Å². The first-order chi connectivity index (χ1) is 10.1. The average molecular weight is 298 g/mol. The van der Waals surface area contributed by atoms with Gasteiger partial charge >= 0.3 is 0 Å². The fourth-order valence-electron chi connectivity index (χ4n) is 2.15. The molecule has 0 radical (unpaired) electrons. The highest BCUT2D eigenvalue weighted by Gasteiger charge is 2.31. The lowest BCUT2D eigenvalue weighted by Crippen LogP contribution is -2.30. The number of carbonyl (C=O) groups is 1. The highest BCUT2D eigenvalue weighted by Crippen LogP contribution is 2.21. The van der Waals surface area contributed by atoms with Crippen LogP contribution in [-0.2, 0) is 11.8 Å². The van der Waals surface area contributed by atoms with Crippen molar-refractivity contribution in [3.63, 3.8) is 0 Å². The van der Waals surface area contributed by atoms with Crippen molar-refractivity contribution in [2.24, 2.45) is 7.05 Å². The molecule has 3 rings (SSSR count). The van der Waals surface area contributed by atoms with Crippen molar-refractivity contribution in [3.05, 3.63) is 53.5 Å². The summed E-state index contributed by atoms with van der Waals surface area (Å²) in [4.78, 5) is 14.0. The average Bonchev–Trinajstić information content (AvgIpc) is 2.91. The van der Waals surface area contributed by atoms with Crippen LogP contribution in [-0.4, -0.2) is 20.8 Å². The number of aryl methyl sites for hydroxylation is 2. The molecule has 0 bridgehead atoms. The molecule has 0 unspecified atom stereocenters. The first-order valence-corrected chi connectivity index (χ1v) is 6.90. The summed E-state index contributed by atoms with van der Waals surface area (Å²) in [5, 5.41) is 7.65. The molecule has 1 aromatic carbocycles. The molecule has 1 fully saturated rings. The van der Waals surface area contributed by atoms with Crippen LogP contribution in [0.1, 0.15) is 11.4 Å². The molecule has 1 saturated heterocycles. The van der Waals surface area contributed by atoms with Crippen LogP contribution in [0.15, 0.2) is 42.1 Å². The van der Waals surface area contributed by atoms with E-state index in [2.05, 4.69) is 10.4 Å². The van der Waals surface area contributed by atoms with Crippen molar-refractivity contribution in [3.8, 4) is 0 Å². The summed E-state index contributed by atoms with van der Waals surface area (Å²) in [5.41, 5.74) is 2.93. The first-order valence-electron chi connectivity index (χ1n) is 6.49. The molecule has 21 heavy (non-hydrogen) atoms. The van der Waals surface area contributed by atoms with Crippen molar-refractivity contribution in [1.29, 1.82) is 0 Å². The van der Waals surface area contributed by atoms with E-state index in [9.17, 15) is 4.79 Å². The summed E-state index contributed by atoms with van der Waals surface area (Å²) in [6.45, 7) is 1.96. The highest BCUT2D eigenvalue weighted by atomic mass is 32.1. The van der Waals surface area contributed by atoms with E-state index < -0.39 is 0 Å². The molecular weight excluding hydrogens is 284 g/mol. The van der Waals surface area contributed by atoms with Gasteiger partial charge in [-0.2, -0.15) is 5.10 Å². The molecule has 5 nitrogen and oxygen atoms in total.